The Morgan fingerprint density at radius 1 is 1.47 bits per heavy atom. The van der Waals surface area contributed by atoms with Crippen molar-refractivity contribution in [2.45, 2.75) is 45.0 Å². The normalized spacial score (nSPS) is 24.9. The molecule has 0 aromatic carbocycles. The van der Waals surface area contributed by atoms with Crippen molar-refractivity contribution in [1.82, 2.24) is 4.90 Å². The van der Waals surface area contributed by atoms with Crippen LogP contribution in [0.15, 0.2) is 0 Å². The van der Waals surface area contributed by atoms with Crippen molar-refractivity contribution >= 4 is 27.8 Å². The van der Waals surface area contributed by atoms with E-state index in [1.807, 2.05) is 0 Å². The standard InChI is InChI=1S/C11H17BrFNO3/c1-11(2,3)17-10(16)14-6-7(13)4-8(14)9(15)5-12/h7-8H,4-6H2,1-3H3/t7-,8-/m0/s1. The molecule has 1 aliphatic heterocycles. The Kier molecular flexibility index (Phi) is 4.52. The highest BCUT2D eigenvalue weighted by Gasteiger charge is 2.40. The Hall–Kier alpha value is -0.650. The van der Waals surface area contributed by atoms with Crippen LogP contribution < -0.4 is 0 Å². The third-order valence-electron chi connectivity index (χ3n) is 2.38. The maximum absolute atomic E-state index is 13.3. The van der Waals surface area contributed by atoms with Crippen LogP contribution in [0, 0.1) is 0 Å². The quantitative estimate of drug-likeness (QED) is 0.735. The lowest BCUT2D eigenvalue weighted by atomic mass is 10.1. The van der Waals surface area contributed by atoms with Crippen LogP contribution in [-0.2, 0) is 9.53 Å². The fraction of sp³-hybridized carbons (Fsp3) is 0.818. The number of alkyl halides is 2. The minimum absolute atomic E-state index is 0.0592. The van der Waals surface area contributed by atoms with E-state index in [2.05, 4.69) is 15.9 Å². The molecule has 1 saturated heterocycles. The smallest absolute Gasteiger partial charge is 0.411 e. The van der Waals surface area contributed by atoms with Crippen LogP contribution in [0.2, 0.25) is 0 Å². The number of ether oxygens (including phenoxy) is 1. The Labute approximate surface area is 109 Å². The topological polar surface area (TPSA) is 46.6 Å². The largest absolute Gasteiger partial charge is 0.444 e. The molecule has 1 fully saturated rings. The van der Waals surface area contributed by atoms with Gasteiger partial charge in [0.05, 0.1) is 17.9 Å². The molecule has 0 N–H and O–H groups in total. The number of carbonyl (C=O) groups is 2. The van der Waals surface area contributed by atoms with E-state index in [9.17, 15) is 14.0 Å². The lowest BCUT2D eigenvalue weighted by molar-refractivity contribution is -0.120. The van der Waals surface area contributed by atoms with Gasteiger partial charge in [-0.2, -0.15) is 0 Å². The first kappa shape index (κ1) is 14.4. The van der Waals surface area contributed by atoms with E-state index in [-0.39, 0.29) is 24.1 Å². The predicted molar refractivity (Wildman–Crippen MR) is 65.0 cm³/mol. The van der Waals surface area contributed by atoms with E-state index in [4.69, 9.17) is 4.74 Å². The number of hydrogen-bond acceptors (Lipinski definition) is 3. The molecule has 0 saturated carbocycles. The van der Waals surface area contributed by atoms with Gasteiger partial charge < -0.3 is 4.74 Å². The van der Waals surface area contributed by atoms with Gasteiger partial charge in [0.25, 0.3) is 0 Å². The van der Waals surface area contributed by atoms with Gasteiger partial charge in [0.1, 0.15) is 11.8 Å². The van der Waals surface area contributed by atoms with Crippen molar-refractivity contribution in [2.75, 3.05) is 11.9 Å². The zero-order valence-electron chi connectivity index (χ0n) is 10.2. The van der Waals surface area contributed by atoms with Crippen LogP contribution in [-0.4, -0.2) is 46.5 Å². The summed E-state index contributed by atoms with van der Waals surface area (Å²) in [5.74, 6) is -0.198. The number of likely N-dealkylation sites (tertiary alicyclic amines) is 1. The molecule has 1 aliphatic rings. The van der Waals surface area contributed by atoms with E-state index in [1.165, 1.54) is 4.90 Å². The summed E-state index contributed by atoms with van der Waals surface area (Å²) in [5, 5.41) is 0.115. The van der Waals surface area contributed by atoms with E-state index in [0.717, 1.165) is 0 Å². The van der Waals surface area contributed by atoms with Gasteiger partial charge in [-0.05, 0) is 20.8 Å². The summed E-state index contributed by atoms with van der Waals surface area (Å²) in [6.45, 7) is 5.12. The number of rotatable bonds is 2. The van der Waals surface area contributed by atoms with Crippen LogP contribution >= 0.6 is 15.9 Å². The summed E-state index contributed by atoms with van der Waals surface area (Å²) in [6.07, 6.45) is -1.73. The summed E-state index contributed by atoms with van der Waals surface area (Å²) in [6, 6.07) is -0.709. The number of carbonyl (C=O) groups excluding carboxylic acids is 2. The lowest BCUT2D eigenvalue weighted by Crippen LogP contribution is -2.43. The number of Topliss-reactive ketones (excluding diaryl/α,β-unsaturated/α-hetero) is 1. The highest BCUT2D eigenvalue weighted by Crippen LogP contribution is 2.24. The Balaban J connectivity index is 2.73. The van der Waals surface area contributed by atoms with Gasteiger partial charge in [-0.15, -0.1) is 0 Å². The second-order valence-corrected chi connectivity index (χ2v) is 5.64. The molecule has 0 aromatic rings. The molecule has 1 rings (SSSR count). The first-order valence-electron chi connectivity index (χ1n) is 5.47. The zero-order valence-corrected chi connectivity index (χ0v) is 11.8. The monoisotopic (exact) mass is 309 g/mol. The molecule has 0 aromatic heterocycles. The molecular weight excluding hydrogens is 293 g/mol. The first-order valence-corrected chi connectivity index (χ1v) is 6.59. The minimum Gasteiger partial charge on any atom is -0.444 e. The Morgan fingerprint density at radius 3 is 2.53 bits per heavy atom. The van der Waals surface area contributed by atoms with Gasteiger partial charge in [0.15, 0.2) is 5.78 Å². The van der Waals surface area contributed by atoms with Crippen LogP contribution in [0.1, 0.15) is 27.2 Å². The van der Waals surface area contributed by atoms with E-state index < -0.39 is 23.9 Å². The molecule has 2 atom stereocenters. The van der Waals surface area contributed by atoms with Crippen LogP contribution in [0.4, 0.5) is 9.18 Å². The first-order chi connectivity index (χ1) is 7.74. The van der Waals surface area contributed by atoms with E-state index in [1.54, 1.807) is 20.8 Å². The SMILES string of the molecule is CC(C)(C)OC(=O)N1C[C@@H](F)C[C@H]1C(=O)CBr. The molecule has 6 heteroatoms. The third kappa shape index (κ3) is 3.94. The molecule has 4 nitrogen and oxygen atoms in total. The van der Waals surface area contributed by atoms with Gasteiger partial charge in [0, 0.05) is 6.42 Å². The van der Waals surface area contributed by atoms with Crippen molar-refractivity contribution < 1.29 is 18.7 Å². The molecule has 1 heterocycles. The fourth-order valence-electron chi connectivity index (χ4n) is 1.70. The van der Waals surface area contributed by atoms with Crippen molar-refractivity contribution in [1.29, 1.82) is 0 Å². The van der Waals surface area contributed by atoms with Crippen molar-refractivity contribution in [3.05, 3.63) is 0 Å². The molecule has 0 radical (unpaired) electrons. The number of halogens is 2. The molecular formula is C11H17BrFNO3. The highest BCUT2D eigenvalue weighted by atomic mass is 79.9. The number of ketones is 1. The van der Waals surface area contributed by atoms with Crippen molar-refractivity contribution in [3.8, 4) is 0 Å². The number of amides is 1. The fourth-order valence-corrected chi connectivity index (χ4v) is 2.08. The van der Waals surface area contributed by atoms with Gasteiger partial charge >= 0.3 is 6.09 Å². The molecule has 0 aliphatic carbocycles. The molecule has 0 unspecified atom stereocenters. The summed E-state index contributed by atoms with van der Waals surface area (Å²) in [4.78, 5) is 24.6. The minimum atomic E-state index is -1.16. The average Bonchev–Trinajstić information content (AvgIpc) is 2.56. The molecule has 0 bridgehead atoms. The second kappa shape index (κ2) is 5.33. The molecule has 98 valence electrons. The molecule has 0 spiro atoms. The lowest BCUT2D eigenvalue weighted by Gasteiger charge is -2.27. The van der Waals surface area contributed by atoms with Gasteiger partial charge in [-0.1, -0.05) is 15.9 Å². The number of hydrogen-bond donors (Lipinski definition) is 0. The predicted octanol–water partition coefficient (Wildman–Crippen LogP) is 2.30. The third-order valence-corrected chi connectivity index (χ3v) is 2.93. The summed E-state index contributed by atoms with van der Waals surface area (Å²) >= 11 is 3.03. The Morgan fingerprint density at radius 2 is 2.06 bits per heavy atom. The van der Waals surface area contributed by atoms with Gasteiger partial charge in [-0.3, -0.25) is 9.69 Å². The van der Waals surface area contributed by atoms with Crippen LogP contribution in [0.5, 0.6) is 0 Å². The molecule has 17 heavy (non-hydrogen) atoms. The average molecular weight is 310 g/mol. The van der Waals surface area contributed by atoms with Crippen LogP contribution in [0.25, 0.3) is 0 Å². The molecule has 1 amide bonds. The maximum atomic E-state index is 13.3. The van der Waals surface area contributed by atoms with Gasteiger partial charge in [-0.25, -0.2) is 9.18 Å². The zero-order chi connectivity index (χ0) is 13.2. The Bertz CT molecular complexity index is 316. The summed E-state index contributed by atoms with van der Waals surface area (Å²) in [5.41, 5.74) is -0.645. The van der Waals surface area contributed by atoms with Crippen molar-refractivity contribution in [3.63, 3.8) is 0 Å². The van der Waals surface area contributed by atoms with Crippen LogP contribution in [0.3, 0.4) is 0 Å². The highest BCUT2D eigenvalue weighted by molar-refractivity contribution is 9.09. The second-order valence-electron chi connectivity index (χ2n) is 5.08. The maximum Gasteiger partial charge on any atom is 0.411 e. The summed E-state index contributed by atoms with van der Waals surface area (Å²) in [7, 11) is 0. The van der Waals surface area contributed by atoms with Gasteiger partial charge in [0.2, 0.25) is 0 Å². The van der Waals surface area contributed by atoms with E-state index in [0.29, 0.717) is 0 Å². The van der Waals surface area contributed by atoms with E-state index >= 15 is 0 Å². The van der Waals surface area contributed by atoms with Crippen molar-refractivity contribution in [2.24, 2.45) is 0 Å². The number of nitrogens with zero attached hydrogens (tertiary/aromatic N) is 1. The summed E-state index contributed by atoms with van der Waals surface area (Å²) < 4.78 is 18.4.